The lowest BCUT2D eigenvalue weighted by Gasteiger charge is -2.41. The molecule has 1 aliphatic carbocycles. The van der Waals surface area contributed by atoms with Crippen molar-refractivity contribution in [3.8, 4) is 0 Å². The van der Waals surface area contributed by atoms with Gasteiger partial charge in [-0.15, -0.1) is 0 Å². The third kappa shape index (κ3) is 1.19. The van der Waals surface area contributed by atoms with Gasteiger partial charge in [-0.25, -0.2) is 0 Å². The van der Waals surface area contributed by atoms with E-state index in [0.29, 0.717) is 6.42 Å². The Morgan fingerprint density at radius 2 is 1.86 bits per heavy atom. The minimum Gasteiger partial charge on any atom is -0.394 e. The molecule has 6 nitrogen and oxygen atoms in total. The van der Waals surface area contributed by atoms with E-state index >= 15 is 0 Å². The summed E-state index contributed by atoms with van der Waals surface area (Å²) in [5.74, 6) is 0. The van der Waals surface area contributed by atoms with E-state index in [9.17, 15) is 15.3 Å². The molecule has 1 heterocycles. The SMILES string of the molecule is N[C@@H]1C[C@@]12O[C@H](CO)[C@@H](O)[C@H](O)[C@@H]2O. The Morgan fingerprint density at radius 1 is 1.29 bits per heavy atom. The number of aliphatic hydroxyl groups is 4. The number of ether oxygens (including phenoxy) is 1. The molecule has 0 amide bonds. The molecule has 0 aromatic heterocycles. The fourth-order valence-electron chi connectivity index (χ4n) is 2.02. The summed E-state index contributed by atoms with van der Waals surface area (Å²) in [6.45, 7) is -0.403. The van der Waals surface area contributed by atoms with Gasteiger partial charge >= 0.3 is 0 Å². The van der Waals surface area contributed by atoms with Crippen molar-refractivity contribution in [2.24, 2.45) is 5.73 Å². The fourth-order valence-corrected chi connectivity index (χ4v) is 2.02. The van der Waals surface area contributed by atoms with E-state index in [2.05, 4.69) is 0 Å². The zero-order valence-corrected chi connectivity index (χ0v) is 7.58. The molecule has 14 heavy (non-hydrogen) atoms. The van der Waals surface area contributed by atoms with Crippen LogP contribution in [-0.4, -0.2) is 63.1 Å². The molecule has 2 rings (SSSR count). The Labute approximate surface area is 80.9 Å². The lowest BCUT2D eigenvalue weighted by atomic mass is 9.93. The lowest BCUT2D eigenvalue weighted by Crippen LogP contribution is -2.61. The van der Waals surface area contributed by atoms with E-state index in [4.69, 9.17) is 15.6 Å². The molecule has 6 N–H and O–H groups in total. The van der Waals surface area contributed by atoms with Crippen LogP contribution in [0.5, 0.6) is 0 Å². The van der Waals surface area contributed by atoms with Crippen molar-refractivity contribution in [3.05, 3.63) is 0 Å². The molecule has 0 bridgehead atoms. The van der Waals surface area contributed by atoms with Crippen molar-refractivity contribution in [1.29, 1.82) is 0 Å². The highest BCUT2D eigenvalue weighted by atomic mass is 16.6. The maximum absolute atomic E-state index is 9.63. The smallest absolute Gasteiger partial charge is 0.114 e. The maximum Gasteiger partial charge on any atom is 0.114 e. The standard InChI is InChI=1S/C8H15NO5/c9-4-1-8(4)7(13)6(12)5(11)3(2-10)14-8/h3-7,10-13H,1-2,9H2/t3-,4-,5-,6+,7+,8-/m1/s1. The minimum atomic E-state index is -1.31. The molecule has 1 spiro atoms. The molecule has 0 aromatic rings. The molecule has 0 unspecified atom stereocenters. The van der Waals surface area contributed by atoms with Gasteiger partial charge in [0.2, 0.25) is 0 Å². The molecule has 6 atom stereocenters. The van der Waals surface area contributed by atoms with Gasteiger partial charge in [0.15, 0.2) is 0 Å². The lowest BCUT2D eigenvalue weighted by molar-refractivity contribution is -0.241. The summed E-state index contributed by atoms with van der Waals surface area (Å²) in [6, 6.07) is -0.339. The van der Waals surface area contributed by atoms with Crippen molar-refractivity contribution in [3.63, 3.8) is 0 Å². The summed E-state index contributed by atoms with van der Waals surface area (Å²) >= 11 is 0. The molecule has 0 radical (unpaired) electrons. The van der Waals surface area contributed by atoms with Gasteiger partial charge in [-0.2, -0.15) is 0 Å². The molecule has 1 aliphatic heterocycles. The van der Waals surface area contributed by atoms with Crippen LogP contribution in [-0.2, 0) is 4.74 Å². The molecule has 82 valence electrons. The van der Waals surface area contributed by atoms with Crippen LogP contribution in [0, 0.1) is 0 Å². The summed E-state index contributed by atoms with van der Waals surface area (Å²) in [5.41, 5.74) is 4.62. The summed E-state index contributed by atoms with van der Waals surface area (Å²) < 4.78 is 5.31. The van der Waals surface area contributed by atoms with Crippen molar-refractivity contribution in [2.75, 3.05) is 6.61 Å². The number of aliphatic hydroxyl groups excluding tert-OH is 4. The van der Waals surface area contributed by atoms with Crippen LogP contribution >= 0.6 is 0 Å². The van der Waals surface area contributed by atoms with Crippen LogP contribution in [0.25, 0.3) is 0 Å². The van der Waals surface area contributed by atoms with Gasteiger partial charge in [0.25, 0.3) is 0 Å². The Morgan fingerprint density at radius 3 is 2.29 bits per heavy atom. The largest absolute Gasteiger partial charge is 0.394 e. The van der Waals surface area contributed by atoms with E-state index in [-0.39, 0.29) is 6.04 Å². The van der Waals surface area contributed by atoms with Crippen LogP contribution in [0.2, 0.25) is 0 Å². The highest BCUT2D eigenvalue weighted by Gasteiger charge is 2.65. The molecule has 2 fully saturated rings. The van der Waals surface area contributed by atoms with Gasteiger partial charge in [-0.1, -0.05) is 0 Å². The highest BCUT2D eigenvalue weighted by molar-refractivity contribution is 5.19. The second-order valence-electron chi connectivity index (χ2n) is 4.03. The van der Waals surface area contributed by atoms with E-state index in [0.717, 1.165) is 0 Å². The normalized spacial score (nSPS) is 57.6. The van der Waals surface area contributed by atoms with Gasteiger partial charge < -0.3 is 30.9 Å². The molecule has 6 heteroatoms. The third-order valence-electron chi connectivity index (χ3n) is 3.11. The van der Waals surface area contributed by atoms with Crippen LogP contribution in [0.4, 0.5) is 0 Å². The Hall–Kier alpha value is -0.240. The Bertz CT molecular complexity index is 236. The molecule has 1 saturated heterocycles. The Kier molecular flexibility index (Phi) is 2.30. The number of nitrogens with two attached hydrogens (primary N) is 1. The first kappa shape index (κ1) is 10.3. The number of hydrogen-bond donors (Lipinski definition) is 5. The third-order valence-corrected chi connectivity index (χ3v) is 3.11. The van der Waals surface area contributed by atoms with Crippen molar-refractivity contribution >= 4 is 0 Å². The maximum atomic E-state index is 9.63. The molecule has 2 aliphatic rings. The van der Waals surface area contributed by atoms with Crippen LogP contribution in [0.3, 0.4) is 0 Å². The molecular formula is C8H15NO5. The van der Waals surface area contributed by atoms with Gasteiger partial charge in [-0.3, -0.25) is 0 Å². The predicted molar refractivity (Wildman–Crippen MR) is 45.3 cm³/mol. The fraction of sp³-hybridized carbons (Fsp3) is 1.00. The summed E-state index contributed by atoms with van der Waals surface area (Å²) in [7, 11) is 0. The average molecular weight is 205 g/mol. The average Bonchev–Trinajstić information content (AvgIpc) is 2.81. The quantitative estimate of drug-likeness (QED) is 0.310. The second kappa shape index (κ2) is 3.13. The number of hydrogen-bond acceptors (Lipinski definition) is 6. The van der Waals surface area contributed by atoms with Crippen molar-refractivity contribution < 1.29 is 25.2 Å². The van der Waals surface area contributed by atoms with Crippen LogP contribution in [0.15, 0.2) is 0 Å². The number of rotatable bonds is 1. The van der Waals surface area contributed by atoms with E-state index in [1.807, 2.05) is 0 Å². The summed E-state index contributed by atoms with van der Waals surface area (Å²) in [5, 5.41) is 37.4. The van der Waals surface area contributed by atoms with Gasteiger partial charge in [0.05, 0.1) is 6.61 Å². The molecule has 1 saturated carbocycles. The van der Waals surface area contributed by atoms with Gasteiger partial charge in [0, 0.05) is 6.04 Å². The first-order valence-electron chi connectivity index (χ1n) is 4.61. The van der Waals surface area contributed by atoms with Gasteiger partial charge in [0.1, 0.15) is 30.0 Å². The van der Waals surface area contributed by atoms with E-state index < -0.39 is 36.6 Å². The minimum absolute atomic E-state index is 0.339. The topological polar surface area (TPSA) is 116 Å². The Balaban J connectivity index is 2.16. The molecular weight excluding hydrogens is 190 g/mol. The zero-order valence-electron chi connectivity index (χ0n) is 7.58. The first-order chi connectivity index (χ1) is 6.53. The zero-order chi connectivity index (χ0) is 10.5. The first-order valence-corrected chi connectivity index (χ1v) is 4.61. The van der Waals surface area contributed by atoms with E-state index in [1.54, 1.807) is 0 Å². The van der Waals surface area contributed by atoms with Gasteiger partial charge in [-0.05, 0) is 6.42 Å². The van der Waals surface area contributed by atoms with E-state index in [1.165, 1.54) is 0 Å². The van der Waals surface area contributed by atoms with Crippen molar-refractivity contribution in [1.82, 2.24) is 0 Å². The van der Waals surface area contributed by atoms with Crippen LogP contribution in [0.1, 0.15) is 6.42 Å². The highest BCUT2D eigenvalue weighted by Crippen LogP contribution is 2.47. The molecule has 0 aromatic carbocycles. The predicted octanol–water partition coefficient (Wildman–Crippen LogP) is -3.07. The summed E-state index contributed by atoms with van der Waals surface area (Å²) in [6.07, 6.45) is -4.20. The monoisotopic (exact) mass is 205 g/mol. The van der Waals surface area contributed by atoms with Crippen molar-refractivity contribution in [2.45, 2.75) is 42.5 Å². The van der Waals surface area contributed by atoms with Crippen LogP contribution < -0.4 is 5.73 Å². The second-order valence-corrected chi connectivity index (χ2v) is 4.03. The summed E-state index contributed by atoms with van der Waals surface area (Å²) in [4.78, 5) is 0.